The maximum absolute atomic E-state index is 13.8. The van der Waals surface area contributed by atoms with Crippen LogP contribution in [0.4, 0.5) is 0 Å². The molecule has 3 heterocycles. The summed E-state index contributed by atoms with van der Waals surface area (Å²) in [6.45, 7) is 7.85. The molecule has 2 aliphatic rings. The third kappa shape index (κ3) is 3.99. The van der Waals surface area contributed by atoms with Crippen LogP contribution in [0.15, 0.2) is 48.5 Å². The summed E-state index contributed by atoms with van der Waals surface area (Å²) in [6.07, 6.45) is 0.911. The second-order valence-electron chi connectivity index (χ2n) is 10.3. The molecule has 3 unspecified atom stereocenters. The summed E-state index contributed by atoms with van der Waals surface area (Å²) < 4.78 is 0. The van der Waals surface area contributed by atoms with E-state index in [9.17, 15) is 14.4 Å². The summed E-state index contributed by atoms with van der Waals surface area (Å²) in [5, 5.41) is 6.98. The van der Waals surface area contributed by atoms with E-state index < -0.39 is 12.1 Å². The van der Waals surface area contributed by atoms with E-state index in [-0.39, 0.29) is 35.7 Å². The van der Waals surface area contributed by atoms with Crippen molar-refractivity contribution in [1.29, 1.82) is 0 Å². The molecule has 3 N–H and O–H groups in total. The molecule has 0 bridgehead atoms. The minimum Gasteiger partial charge on any atom is -0.356 e. The Labute approximate surface area is 205 Å². The van der Waals surface area contributed by atoms with Crippen molar-refractivity contribution in [3.8, 4) is 0 Å². The van der Waals surface area contributed by atoms with Gasteiger partial charge in [0.15, 0.2) is 0 Å². The molecule has 0 saturated heterocycles. The minimum atomic E-state index is -0.715. The van der Waals surface area contributed by atoms with Gasteiger partial charge >= 0.3 is 0 Å². The van der Waals surface area contributed by atoms with Crippen LogP contribution >= 0.6 is 0 Å². The van der Waals surface area contributed by atoms with E-state index in [1.165, 1.54) is 0 Å². The third-order valence-electron chi connectivity index (χ3n) is 6.93. The van der Waals surface area contributed by atoms with Crippen molar-refractivity contribution in [3.05, 3.63) is 70.9 Å². The normalized spacial score (nSPS) is 19.5. The van der Waals surface area contributed by atoms with Crippen LogP contribution < -0.4 is 10.6 Å². The fraction of sp³-hybridized carbons (Fsp3) is 0.393. The minimum absolute atomic E-state index is 0.0310. The van der Waals surface area contributed by atoms with Gasteiger partial charge in [0.1, 0.15) is 12.1 Å². The Kier molecular flexibility index (Phi) is 5.87. The molecule has 182 valence electrons. The van der Waals surface area contributed by atoms with Crippen molar-refractivity contribution >= 4 is 28.6 Å². The van der Waals surface area contributed by atoms with E-state index >= 15 is 0 Å². The van der Waals surface area contributed by atoms with Crippen LogP contribution in [-0.4, -0.2) is 45.7 Å². The van der Waals surface area contributed by atoms with E-state index in [0.717, 1.165) is 27.7 Å². The lowest BCUT2D eigenvalue weighted by Crippen LogP contribution is -2.57. The number of carbonyl (C=O) groups is 3. The highest BCUT2D eigenvalue weighted by molar-refractivity contribution is 6.04. The topological polar surface area (TPSA) is 94.3 Å². The maximum atomic E-state index is 13.8. The van der Waals surface area contributed by atoms with E-state index in [1.807, 2.05) is 70.2 Å². The molecule has 1 aromatic heterocycles. The first-order valence-electron chi connectivity index (χ1n) is 12.4. The molecule has 2 aromatic carbocycles. The molecule has 0 spiro atoms. The summed E-state index contributed by atoms with van der Waals surface area (Å²) >= 11 is 0. The first-order chi connectivity index (χ1) is 16.8. The van der Waals surface area contributed by atoms with Gasteiger partial charge < -0.3 is 20.5 Å². The summed E-state index contributed by atoms with van der Waals surface area (Å²) in [5.74, 6) is -0.424. The van der Waals surface area contributed by atoms with E-state index in [2.05, 4.69) is 21.7 Å². The third-order valence-corrected chi connectivity index (χ3v) is 6.93. The number of rotatable bonds is 6. The molecule has 5 rings (SSSR count). The summed E-state index contributed by atoms with van der Waals surface area (Å²) in [7, 11) is 0. The Hall–Kier alpha value is -3.61. The number of fused-ring (bicyclic) bond motifs is 7. The largest absolute Gasteiger partial charge is 0.356 e. The first kappa shape index (κ1) is 23.1. The van der Waals surface area contributed by atoms with Gasteiger partial charge in [0, 0.05) is 34.6 Å². The maximum Gasteiger partial charge on any atom is 0.255 e. The second-order valence-corrected chi connectivity index (χ2v) is 10.3. The molecule has 2 aliphatic heterocycles. The van der Waals surface area contributed by atoms with Crippen LogP contribution in [0.25, 0.3) is 10.9 Å². The van der Waals surface area contributed by atoms with E-state index in [0.29, 0.717) is 18.4 Å². The Bertz CT molecular complexity index is 1310. The van der Waals surface area contributed by atoms with Gasteiger partial charge in [-0.05, 0) is 49.4 Å². The van der Waals surface area contributed by atoms with Crippen molar-refractivity contribution in [2.45, 2.75) is 64.7 Å². The van der Waals surface area contributed by atoms with Crippen LogP contribution in [0.3, 0.4) is 0 Å². The van der Waals surface area contributed by atoms with Crippen LogP contribution in [-0.2, 0) is 16.0 Å². The number of aromatic nitrogens is 1. The lowest BCUT2D eigenvalue weighted by Gasteiger charge is -2.38. The fourth-order valence-electron chi connectivity index (χ4n) is 5.49. The number of amides is 3. The zero-order valence-electron chi connectivity index (χ0n) is 20.6. The molecular formula is C28H32N4O3. The number of H-pyrrole nitrogens is 1. The lowest BCUT2D eigenvalue weighted by atomic mass is 9.89. The highest BCUT2D eigenvalue weighted by Crippen LogP contribution is 2.46. The first-order valence-corrected chi connectivity index (χ1v) is 12.4. The predicted octanol–water partition coefficient (Wildman–Crippen LogP) is 3.69. The van der Waals surface area contributed by atoms with E-state index in [4.69, 9.17) is 0 Å². The quantitative estimate of drug-likeness (QED) is 0.511. The number of para-hydroxylation sites is 1. The highest BCUT2D eigenvalue weighted by atomic mass is 16.2. The molecule has 7 heteroatoms. The molecule has 7 nitrogen and oxygen atoms in total. The van der Waals surface area contributed by atoms with Gasteiger partial charge in [0.05, 0.1) is 6.04 Å². The van der Waals surface area contributed by atoms with Crippen LogP contribution in [0.1, 0.15) is 67.3 Å². The molecule has 3 aromatic rings. The van der Waals surface area contributed by atoms with E-state index in [1.54, 1.807) is 4.90 Å². The molecule has 0 aliphatic carbocycles. The molecule has 0 fully saturated rings. The number of aromatic amines is 1. The number of nitrogens with zero attached hydrogens (tertiary/aromatic N) is 1. The monoisotopic (exact) mass is 472 g/mol. The van der Waals surface area contributed by atoms with Gasteiger partial charge in [-0.1, -0.05) is 50.2 Å². The summed E-state index contributed by atoms with van der Waals surface area (Å²) in [4.78, 5) is 45.5. The number of hydrogen-bond acceptors (Lipinski definition) is 3. The smallest absolute Gasteiger partial charge is 0.255 e. The zero-order chi connectivity index (χ0) is 24.9. The van der Waals surface area contributed by atoms with Crippen LogP contribution in [0.2, 0.25) is 0 Å². The summed E-state index contributed by atoms with van der Waals surface area (Å²) in [5.41, 5.74) is 4.53. The van der Waals surface area contributed by atoms with Crippen molar-refractivity contribution < 1.29 is 14.4 Å². The molecule has 3 amide bonds. The molecule has 0 saturated carbocycles. The van der Waals surface area contributed by atoms with Gasteiger partial charge in [0.25, 0.3) is 5.91 Å². The van der Waals surface area contributed by atoms with Crippen molar-refractivity contribution in [2.75, 3.05) is 0 Å². The molecule has 3 atom stereocenters. The molecular weight excluding hydrogens is 440 g/mol. The SMILES string of the molecule is CC(C)CC(NC(=O)C1Cc2c([nH]c3ccccc23)C2c3ccccc3C(=O)N12)C(=O)NC(C)C. The molecule has 35 heavy (non-hydrogen) atoms. The van der Waals surface area contributed by atoms with Crippen molar-refractivity contribution in [2.24, 2.45) is 5.92 Å². The van der Waals surface area contributed by atoms with Crippen molar-refractivity contribution in [1.82, 2.24) is 20.5 Å². The van der Waals surface area contributed by atoms with Gasteiger partial charge in [-0.15, -0.1) is 0 Å². The second kappa shape index (κ2) is 8.87. The van der Waals surface area contributed by atoms with Crippen LogP contribution in [0.5, 0.6) is 0 Å². The van der Waals surface area contributed by atoms with Gasteiger partial charge in [-0.25, -0.2) is 0 Å². The predicted molar refractivity (Wildman–Crippen MR) is 135 cm³/mol. The lowest BCUT2D eigenvalue weighted by molar-refractivity contribution is -0.132. The average Bonchev–Trinajstić information content (AvgIpc) is 3.33. The number of benzene rings is 2. The van der Waals surface area contributed by atoms with Crippen molar-refractivity contribution in [3.63, 3.8) is 0 Å². The van der Waals surface area contributed by atoms with Gasteiger partial charge in [-0.2, -0.15) is 0 Å². The Morgan fingerprint density at radius 3 is 2.49 bits per heavy atom. The van der Waals surface area contributed by atoms with Gasteiger partial charge in [0.2, 0.25) is 11.8 Å². The average molecular weight is 473 g/mol. The zero-order valence-corrected chi connectivity index (χ0v) is 20.6. The van der Waals surface area contributed by atoms with Gasteiger partial charge in [-0.3, -0.25) is 14.4 Å². The van der Waals surface area contributed by atoms with Crippen LogP contribution in [0, 0.1) is 5.92 Å². The Balaban J connectivity index is 1.55. The summed E-state index contributed by atoms with van der Waals surface area (Å²) in [6, 6.07) is 13.8. The number of nitrogens with one attached hydrogen (secondary N) is 3. The molecule has 0 radical (unpaired) electrons. The number of hydrogen-bond donors (Lipinski definition) is 3. The number of carbonyl (C=O) groups excluding carboxylic acids is 3. The Morgan fingerprint density at radius 2 is 1.74 bits per heavy atom. The highest BCUT2D eigenvalue weighted by Gasteiger charge is 2.49. The standard InChI is InChI=1S/C28H32N4O3/c1-15(2)13-22(26(33)29-16(3)4)31-27(34)23-14-20-17-9-7-8-12-21(17)30-24(20)25-18-10-5-6-11-19(18)28(35)32(23)25/h5-12,15-16,22-23,25,30H,13-14H2,1-4H3,(H,29,33)(H,31,34). The fourth-order valence-corrected chi connectivity index (χ4v) is 5.49. The Morgan fingerprint density at radius 1 is 1.03 bits per heavy atom.